The van der Waals surface area contributed by atoms with Gasteiger partial charge in [0.2, 0.25) is 11.5 Å². The number of nitrogens with zero attached hydrogens (tertiary/aromatic N) is 4. The molecule has 0 saturated heterocycles. The lowest BCUT2D eigenvalue weighted by atomic mass is 10.2. The first-order valence-corrected chi connectivity index (χ1v) is 13.2. The molecular weight excluding hydrogens is 588 g/mol. The van der Waals surface area contributed by atoms with Crippen molar-refractivity contribution in [2.45, 2.75) is 6.61 Å². The molecule has 0 fully saturated rings. The summed E-state index contributed by atoms with van der Waals surface area (Å²) in [6, 6.07) is 23.2. The van der Waals surface area contributed by atoms with Crippen LogP contribution in [0.3, 0.4) is 0 Å². The van der Waals surface area contributed by atoms with Crippen LogP contribution in [0.2, 0.25) is 0 Å². The number of fused-ring (bicyclic) bond motifs is 6. The molecule has 7 rings (SSSR count). The largest absolute Gasteiger partial charge is 0.501 e. The number of carbonyl (C=O) groups excluding carboxylic acids is 2. The van der Waals surface area contributed by atoms with Crippen molar-refractivity contribution >= 4 is 45.2 Å². The fraction of sp³-hybridized carbons (Fsp3) is 0.0968. The molecule has 0 spiro atoms. The number of carbonyl (C=O) groups is 2. The topological polar surface area (TPSA) is 177 Å². The van der Waals surface area contributed by atoms with Gasteiger partial charge in [-0.15, -0.1) is 9.15 Å². The lowest BCUT2D eigenvalue weighted by Gasteiger charge is -2.09. The third kappa shape index (κ3) is 5.09. The smallest absolute Gasteiger partial charge is 0.360 e. The van der Waals surface area contributed by atoms with E-state index in [2.05, 4.69) is 14.7 Å². The van der Waals surface area contributed by atoms with Gasteiger partial charge >= 0.3 is 23.1 Å². The number of aromatic hydroxyl groups is 1. The number of hydrogen-bond donors (Lipinski definition) is 1. The van der Waals surface area contributed by atoms with E-state index < -0.39 is 34.5 Å². The Bertz CT molecular complexity index is 2350. The SMILES string of the molecule is COC(=O)c1nc2c3ccccc3on2c(=O)c1O.COC(=O)c1nc2c3ccccc3on2c(=O)c1OCc1ccccc1. The lowest BCUT2D eigenvalue weighted by molar-refractivity contribution is 0.0579. The predicted octanol–water partition coefficient (Wildman–Crippen LogP) is 3.74. The number of methoxy groups -OCH3 is 2. The van der Waals surface area contributed by atoms with E-state index in [0.717, 1.165) is 21.8 Å². The molecular formula is C31H22N4O10. The van der Waals surface area contributed by atoms with Gasteiger partial charge in [0.1, 0.15) is 6.61 Å². The van der Waals surface area contributed by atoms with Crippen molar-refractivity contribution in [1.82, 2.24) is 19.1 Å². The van der Waals surface area contributed by atoms with Gasteiger partial charge in [-0.3, -0.25) is 9.59 Å². The minimum absolute atomic E-state index is 0.105. The number of benzene rings is 3. The van der Waals surface area contributed by atoms with E-state index in [1.165, 1.54) is 7.11 Å². The van der Waals surface area contributed by atoms with Gasteiger partial charge in [0.25, 0.3) is 0 Å². The van der Waals surface area contributed by atoms with Crippen LogP contribution < -0.4 is 15.9 Å². The molecule has 0 aliphatic heterocycles. The summed E-state index contributed by atoms with van der Waals surface area (Å²) in [5, 5.41) is 10.8. The number of para-hydroxylation sites is 2. The molecule has 3 aromatic carbocycles. The van der Waals surface area contributed by atoms with Crippen LogP contribution >= 0.6 is 0 Å². The summed E-state index contributed by atoms with van der Waals surface area (Å²) in [6.07, 6.45) is 0. The Hall–Kier alpha value is -6.44. The molecule has 0 saturated carbocycles. The van der Waals surface area contributed by atoms with E-state index in [1.54, 1.807) is 48.5 Å². The Labute approximate surface area is 251 Å². The van der Waals surface area contributed by atoms with E-state index in [-0.39, 0.29) is 29.3 Å². The Morgan fingerprint density at radius 2 is 1.20 bits per heavy atom. The molecule has 4 aromatic heterocycles. The first-order chi connectivity index (χ1) is 21.8. The number of ether oxygens (including phenoxy) is 3. The molecule has 0 radical (unpaired) electrons. The molecule has 0 atom stereocenters. The highest BCUT2D eigenvalue weighted by Crippen LogP contribution is 2.24. The lowest BCUT2D eigenvalue weighted by Crippen LogP contribution is -2.22. The number of rotatable bonds is 5. The van der Waals surface area contributed by atoms with Crippen molar-refractivity contribution in [2.24, 2.45) is 0 Å². The second kappa shape index (κ2) is 11.7. The van der Waals surface area contributed by atoms with Crippen molar-refractivity contribution in [1.29, 1.82) is 0 Å². The van der Waals surface area contributed by atoms with Gasteiger partial charge in [0.15, 0.2) is 33.8 Å². The number of aromatic nitrogens is 4. The third-order valence-corrected chi connectivity index (χ3v) is 6.64. The quantitative estimate of drug-likeness (QED) is 0.280. The standard InChI is InChI=1S/C19H14N2O5.C12H8N2O5/c1-24-19(23)15-16(25-11-12-7-3-2-4-8-12)18(22)21-17(20-15)13-9-5-6-10-14(13)26-21;1-18-12(17)8-9(15)11(16)14-10(13-8)6-4-2-3-5-7(6)19-14/h2-10H,11H2,1H3;2-5,15H,1H3. The minimum Gasteiger partial charge on any atom is -0.501 e. The molecule has 0 aliphatic carbocycles. The van der Waals surface area contributed by atoms with Crippen molar-refractivity contribution in [2.75, 3.05) is 14.2 Å². The zero-order valence-electron chi connectivity index (χ0n) is 23.6. The average Bonchev–Trinajstić information content (AvgIpc) is 3.65. The zero-order chi connectivity index (χ0) is 31.7. The first kappa shape index (κ1) is 28.7. The highest BCUT2D eigenvalue weighted by molar-refractivity contribution is 5.96. The summed E-state index contributed by atoms with van der Waals surface area (Å²) >= 11 is 0. The molecule has 1 N–H and O–H groups in total. The summed E-state index contributed by atoms with van der Waals surface area (Å²) < 4.78 is 27.5. The van der Waals surface area contributed by atoms with E-state index in [9.17, 15) is 24.3 Å². The maximum atomic E-state index is 12.9. The van der Waals surface area contributed by atoms with Crippen molar-refractivity contribution < 1.29 is 38.0 Å². The third-order valence-electron chi connectivity index (χ3n) is 6.64. The summed E-state index contributed by atoms with van der Waals surface area (Å²) in [4.78, 5) is 56.6. The van der Waals surface area contributed by atoms with Crippen LogP contribution in [-0.2, 0) is 16.1 Å². The van der Waals surface area contributed by atoms with Crippen LogP contribution in [0.25, 0.3) is 33.2 Å². The van der Waals surface area contributed by atoms with Crippen LogP contribution in [0, 0.1) is 0 Å². The molecule has 0 unspecified atom stereocenters. The fourth-order valence-corrected chi connectivity index (χ4v) is 4.49. The van der Waals surface area contributed by atoms with Gasteiger partial charge in [0.05, 0.1) is 25.0 Å². The first-order valence-electron chi connectivity index (χ1n) is 13.2. The van der Waals surface area contributed by atoms with Crippen molar-refractivity contribution in [3.05, 3.63) is 117 Å². The molecule has 0 amide bonds. The van der Waals surface area contributed by atoms with Crippen LogP contribution in [0.4, 0.5) is 0 Å². The van der Waals surface area contributed by atoms with Gasteiger partial charge in [-0.05, 0) is 29.8 Å². The average molecular weight is 611 g/mol. The van der Waals surface area contributed by atoms with Gasteiger partial charge in [-0.25, -0.2) is 19.6 Å². The highest BCUT2D eigenvalue weighted by Gasteiger charge is 2.25. The van der Waals surface area contributed by atoms with Crippen LogP contribution in [-0.4, -0.2) is 50.4 Å². The second-order valence-electron chi connectivity index (χ2n) is 9.38. The fourth-order valence-electron chi connectivity index (χ4n) is 4.49. The summed E-state index contributed by atoms with van der Waals surface area (Å²) in [7, 11) is 2.36. The Morgan fingerprint density at radius 3 is 1.78 bits per heavy atom. The molecule has 226 valence electrons. The summed E-state index contributed by atoms with van der Waals surface area (Å²) in [5.41, 5.74) is 0.0547. The minimum atomic E-state index is -0.887. The molecule has 14 heteroatoms. The number of hydrogen-bond acceptors (Lipinski definition) is 12. The Kier molecular flexibility index (Phi) is 7.44. The monoisotopic (exact) mass is 610 g/mol. The van der Waals surface area contributed by atoms with Gasteiger partial charge in [-0.1, -0.05) is 54.6 Å². The normalized spacial score (nSPS) is 11.0. The van der Waals surface area contributed by atoms with Crippen molar-refractivity contribution in [3.8, 4) is 11.5 Å². The zero-order valence-corrected chi connectivity index (χ0v) is 23.6. The maximum Gasteiger partial charge on any atom is 0.360 e. The number of esters is 2. The van der Waals surface area contributed by atoms with E-state index in [1.807, 2.05) is 30.3 Å². The molecule has 7 aromatic rings. The van der Waals surface area contributed by atoms with Crippen molar-refractivity contribution in [3.63, 3.8) is 0 Å². The van der Waals surface area contributed by atoms with Gasteiger partial charge in [-0.2, -0.15) is 0 Å². The molecule has 14 nitrogen and oxygen atoms in total. The van der Waals surface area contributed by atoms with Gasteiger partial charge in [0, 0.05) is 0 Å². The van der Waals surface area contributed by atoms with E-state index >= 15 is 0 Å². The highest BCUT2D eigenvalue weighted by atomic mass is 16.5. The second-order valence-corrected chi connectivity index (χ2v) is 9.38. The molecule has 0 aliphatic rings. The van der Waals surface area contributed by atoms with Gasteiger partial charge < -0.3 is 28.4 Å². The van der Waals surface area contributed by atoms with Crippen LogP contribution in [0.5, 0.6) is 11.5 Å². The van der Waals surface area contributed by atoms with Crippen LogP contribution in [0.15, 0.2) is 97.5 Å². The van der Waals surface area contributed by atoms with Crippen LogP contribution in [0.1, 0.15) is 26.5 Å². The molecule has 4 heterocycles. The Balaban J connectivity index is 0.000000167. The van der Waals surface area contributed by atoms with E-state index in [0.29, 0.717) is 21.9 Å². The summed E-state index contributed by atoms with van der Waals surface area (Å²) in [5.74, 6) is -2.65. The molecule has 0 bridgehead atoms. The summed E-state index contributed by atoms with van der Waals surface area (Å²) in [6.45, 7) is 0.105. The van der Waals surface area contributed by atoms with E-state index in [4.69, 9.17) is 18.5 Å². The Morgan fingerprint density at radius 1 is 0.711 bits per heavy atom. The maximum absolute atomic E-state index is 12.9. The molecule has 45 heavy (non-hydrogen) atoms. The predicted molar refractivity (Wildman–Crippen MR) is 158 cm³/mol.